The SMILES string of the molecule is CN(C1CCC1)S(=O)(=O)[C@H]1CCCN(C(=O)c2ccccc2)C1. The minimum absolute atomic E-state index is 0.0724. The molecule has 3 rings (SSSR count). The summed E-state index contributed by atoms with van der Waals surface area (Å²) in [6.45, 7) is 0.931. The van der Waals surface area contributed by atoms with Gasteiger partial charge in [-0.25, -0.2) is 12.7 Å². The Morgan fingerprint density at radius 2 is 1.83 bits per heavy atom. The van der Waals surface area contributed by atoms with E-state index in [0.29, 0.717) is 25.1 Å². The van der Waals surface area contributed by atoms with Gasteiger partial charge in [0, 0.05) is 31.7 Å². The summed E-state index contributed by atoms with van der Waals surface area (Å²) in [6, 6.07) is 9.24. The number of sulfonamides is 1. The van der Waals surface area contributed by atoms with Crippen LogP contribution in [0.4, 0.5) is 0 Å². The summed E-state index contributed by atoms with van der Waals surface area (Å²) in [6.07, 6.45) is 4.39. The maximum absolute atomic E-state index is 12.8. The van der Waals surface area contributed by atoms with E-state index in [-0.39, 0.29) is 11.9 Å². The van der Waals surface area contributed by atoms with Crippen LogP contribution in [0.5, 0.6) is 0 Å². The van der Waals surface area contributed by atoms with Crippen LogP contribution in [0.2, 0.25) is 0 Å². The molecule has 126 valence electrons. The molecule has 6 heteroatoms. The largest absolute Gasteiger partial charge is 0.337 e. The summed E-state index contributed by atoms with van der Waals surface area (Å²) in [4.78, 5) is 14.3. The lowest BCUT2D eigenvalue weighted by Gasteiger charge is -2.39. The quantitative estimate of drug-likeness (QED) is 0.846. The van der Waals surface area contributed by atoms with Gasteiger partial charge >= 0.3 is 0 Å². The summed E-state index contributed by atoms with van der Waals surface area (Å²) < 4.78 is 27.2. The number of hydrogen-bond donors (Lipinski definition) is 0. The number of benzene rings is 1. The Labute approximate surface area is 138 Å². The first kappa shape index (κ1) is 16.5. The zero-order valence-electron chi connectivity index (χ0n) is 13.5. The molecule has 0 radical (unpaired) electrons. The second-order valence-electron chi connectivity index (χ2n) is 6.53. The molecule has 1 aliphatic carbocycles. The van der Waals surface area contributed by atoms with E-state index in [1.165, 1.54) is 0 Å². The highest BCUT2D eigenvalue weighted by molar-refractivity contribution is 7.89. The van der Waals surface area contributed by atoms with Crippen LogP contribution in [0.1, 0.15) is 42.5 Å². The van der Waals surface area contributed by atoms with Gasteiger partial charge in [-0.1, -0.05) is 24.6 Å². The number of carbonyl (C=O) groups is 1. The molecule has 5 nitrogen and oxygen atoms in total. The lowest BCUT2D eigenvalue weighted by molar-refractivity contribution is 0.0725. The Kier molecular flexibility index (Phi) is 4.73. The maximum atomic E-state index is 12.8. The Morgan fingerprint density at radius 3 is 2.43 bits per heavy atom. The van der Waals surface area contributed by atoms with E-state index in [2.05, 4.69) is 0 Å². The van der Waals surface area contributed by atoms with Gasteiger partial charge in [0.05, 0.1) is 5.25 Å². The summed E-state index contributed by atoms with van der Waals surface area (Å²) in [5.41, 5.74) is 0.623. The van der Waals surface area contributed by atoms with E-state index in [1.54, 1.807) is 28.4 Å². The molecule has 1 saturated carbocycles. The number of nitrogens with zero attached hydrogens (tertiary/aromatic N) is 2. The predicted molar refractivity (Wildman–Crippen MR) is 89.7 cm³/mol. The van der Waals surface area contributed by atoms with E-state index in [4.69, 9.17) is 0 Å². The zero-order valence-corrected chi connectivity index (χ0v) is 14.3. The highest BCUT2D eigenvalue weighted by atomic mass is 32.2. The molecule has 1 aliphatic heterocycles. The topological polar surface area (TPSA) is 57.7 Å². The molecule has 0 N–H and O–H groups in total. The number of carbonyl (C=O) groups excluding carboxylic acids is 1. The molecular formula is C17H24N2O3S. The van der Waals surface area contributed by atoms with Crippen molar-refractivity contribution in [2.24, 2.45) is 0 Å². The van der Waals surface area contributed by atoms with Crippen molar-refractivity contribution in [2.45, 2.75) is 43.4 Å². The van der Waals surface area contributed by atoms with Crippen LogP contribution < -0.4 is 0 Å². The molecule has 1 atom stereocenters. The molecule has 2 aliphatic rings. The van der Waals surface area contributed by atoms with Crippen LogP contribution in [0, 0.1) is 0 Å². The Hall–Kier alpha value is -1.40. The summed E-state index contributed by atoms with van der Waals surface area (Å²) in [5, 5.41) is -0.477. The Bertz CT molecular complexity index is 656. The van der Waals surface area contributed by atoms with Crippen molar-refractivity contribution in [1.82, 2.24) is 9.21 Å². The molecule has 1 aromatic carbocycles. The van der Waals surface area contributed by atoms with Crippen molar-refractivity contribution >= 4 is 15.9 Å². The predicted octanol–water partition coefficient (Wildman–Crippen LogP) is 2.11. The van der Waals surface area contributed by atoms with E-state index in [0.717, 1.165) is 25.7 Å². The number of amides is 1. The maximum Gasteiger partial charge on any atom is 0.253 e. The van der Waals surface area contributed by atoms with Crippen LogP contribution in [0.25, 0.3) is 0 Å². The summed E-state index contributed by atoms with van der Waals surface area (Å²) in [7, 11) is -1.64. The van der Waals surface area contributed by atoms with Gasteiger partial charge < -0.3 is 4.90 Å². The number of rotatable bonds is 4. The fourth-order valence-electron chi connectivity index (χ4n) is 3.32. The van der Waals surface area contributed by atoms with Gasteiger partial charge in [-0.05, 0) is 37.8 Å². The minimum Gasteiger partial charge on any atom is -0.337 e. The van der Waals surface area contributed by atoms with Crippen molar-refractivity contribution in [3.05, 3.63) is 35.9 Å². The second-order valence-corrected chi connectivity index (χ2v) is 8.80. The van der Waals surface area contributed by atoms with Gasteiger partial charge in [-0.15, -0.1) is 0 Å². The van der Waals surface area contributed by atoms with Crippen molar-refractivity contribution < 1.29 is 13.2 Å². The van der Waals surface area contributed by atoms with Crippen molar-refractivity contribution in [3.8, 4) is 0 Å². The highest BCUT2D eigenvalue weighted by Gasteiger charge is 2.39. The molecule has 1 heterocycles. The number of hydrogen-bond acceptors (Lipinski definition) is 3. The Morgan fingerprint density at radius 1 is 1.13 bits per heavy atom. The average Bonchev–Trinajstić information content (AvgIpc) is 2.53. The van der Waals surface area contributed by atoms with Crippen molar-refractivity contribution in [3.63, 3.8) is 0 Å². The molecule has 2 fully saturated rings. The average molecular weight is 336 g/mol. The zero-order chi connectivity index (χ0) is 16.4. The molecular weight excluding hydrogens is 312 g/mol. The van der Waals surface area contributed by atoms with Gasteiger partial charge in [-0.3, -0.25) is 4.79 Å². The van der Waals surface area contributed by atoms with Crippen LogP contribution in [-0.4, -0.2) is 55.0 Å². The lowest BCUT2D eigenvalue weighted by Crippen LogP contribution is -2.51. The lowest BCUT2D eigenvalue weighted by atomic mass is 9.93. The minimum atomic E-state index is -3.33. The van der Waals surface area contributed by atoms with E-state index in [9.17, 15) is 13.2 Å². The molecule has 23 heavy (non-hydrogen) atoms. The van der Waals surface area contributed by atoms with Crippen LogP contribution >= 0.6 is 0 Å². The first-order valence-electron chi connectivity index (χ1n) is 8.31. The van der Waals surface area contributed by atoms with Gasteiger partial charge in [-0.2, -0.15) is 0 Å². The van der Waals surface area contributed by atoms with E-state index in [1.807, 2.05) is 18.2 Å². The fraction of sp³-hybridized carbons (Fsp3) is 0.588. The normalized spacial score (nSPS) is 22.9. The smallest absolute Gasteiger partial charge is 0.253 e. The molecule has 1 aromatic rings. The third-order valence-corrected chi connectivity index (χ3v) is 7.43. The molecule has 0 unspecified atom stereocenters. The van der Waals surface area contributed by atoms with Crippen LogP contribution in [-0.2, 0) is 10.0 Å². The molecule has 1 saturated heterocycles. The third kappa shape index (κ3) is 3.28. The first-order valence-corrected chi connectivity index (χ1v) is 9.81. The van der Waals surface area contributed by atoms with E-state index < -0.39 is 15.3 Å². The summed E-state index contributed by atoms with van der Waals surface area (Å²) in [5.74, 6) is -0.0724. The van der Waals surface area contributed by atoms with Gasteiger partial charge in [0.25, 0.3) is 5.91 Å². The van der Waals surface area contributed by atoms with Gasteiger partial charge in [0.1, 0.15) is 0 Å². The second kappa shape index (κ2) is 6.61. The van der Waals surface area contributed by atoms with Crippen LogP contribution in [0.15, 0.2) is 30.3 Å². The van der Waals surface area contributed by atoms with Gasteiger partial charge in [0.15, 0.2) is 0 Å². The first-order chi connectivity index (χ1) is 11.0. The van der Waals surface area contributed by atoms with Crippen LogP contribution in [0.3, 0.4) is 0 Å². The molecule has 0 spiro atoms. The number of piperidine rings is 1. The molecule has 0 aromatic heterocycles. The molecule has 0 bridgehead atoms. The standard InChI is InChI=1S/C17H24N2O3S/c1-18(15-9-5-10-15)23(21,22)16-11-6-12-19(13-16)17(20)14-7-3-2-4-8-14/h2-4,7-8,15-16H,5-6,9-13H2,1H3/t16-/m0/s1. The summed E-state index contributed by atoms with van der Waals surface area (Å²) >= 11 is 0. The Balaban J connectivity index is 1.71. The fourth-order valence-corrected chi connectivity index (χ4v) is 5.25. The number of likely N-dealkylation sites (tertiary alicyclic amines) is 1. The van der Waals surface area contributed by atoms with E-state index >= 15 is 0 Å². The van der Waals surface area contributed by atoms with Crippen molar-refractivity contribution in [2.75, 3.05) is 20.1 Å². The van der Waals surface area contributed by atoms with Gasteiger partial charge in [0.2, 0.25) is 10.0 Å². The third-order valence-electron chi connectivity index (χ3n) is 5.10. The van der Waals surface area contributed by atoms with Crippen molar-refractivity contribution in [1.29, 1.82) is 0 Å². The monoisotopic (exact) mass is 336 g/mol. The highest BCUT2D eigenvalue weighted by Crippen LogP contribution is 2.29. The molecule has 1 amide bonds.